The fourth-order valence-corrected chi connectivity index (χ4v) is 2.99. The third kappa shape index (κ3) is 4.45. The minimum absolute atomic E-state index is 0.233. The molecule has 2 aromatic carbocycles. The van der Waals surface area contributed by atoms with Gasteiger partial charge in [0.05, 0.1) is 0 Å². The summed E-state index contributed by atoms with van der Waals surface area (Å²) in [6.07, 6.45) is 0.0235. The lowest BCUT2D eigenvalue weighted by Crippen LogP contribution is -2.36. The zero-order valence-corrected chi connectivity index (χ0v) is 13.9. The van der Waals surface area contributed by atoms with Crippen LogP contribution in [0, 0.1) is 0 Å². The monoisotopic (exact) mass is 339 g/mol. The molecule has 0 bridgehead atoms. The summed E-state index contributed by atoms with van der Waals surface area (Å²) in [5.74, 6) is -1.24. The molecule has 5 nitrogen and oxygen atoms in total. The molecular formula is C20H21NO4. The zero-order valence-electron chi connectivity index (χ0n) is 13.9. The summed E-state index contributed by atoms with van der Waals surface area (Å²) < 4.78 is 5.25. The summed E-state index contributed by atoms with van der Waals surface area (Å²) in [7, 11) is 0. The van der Waals surface area contributed by atoms with Gasteiger partial charge >= 0.3 is 5.97 Å². The van der Waals surface area contributed by atoms with Crippen LogP contribution in [0.3, 0.4) is 0 Å². The van der Waals surface area contributed by atoms with E-state index in [9.17, 15) is 9.59 Å². The average Bonchev–Trinajstić information content (AvgIpc) is 3.13. The molecule has 2 N–H and O–H groups in total. The normalized spacial score (nSPS) is 19.5. The van der Waals surface area contributed by atoms with Gasteiger partial charge in [-0.3, -0.25) is 4.79 Å². The van der Waals surface area contributed by atoms with Crippen molar-refractivity contribution in [2.45, 2.75) is 31.5 Å². The van der Waals surface area contributed by atoms with Gasteiger partial charge in [0, 0.05) is 6.54 Å². The predicted molar refractivity (Wildman–Crippen MR) is 94.1 cm³/mol. The van der Waals surface area contributed by atoms with Gasteiger partial charge in [-0.2, -0.15) is 0 Å². The molecule has 3 rings (SSSR count). The Hall–Kier alpha value is -2.66. The first-order valence-corrected chi connectivity index (χ1v) is 8.44. The molecule has 130 valence electrons. The number of nitrogens with one attached hydrogen (secondary N) is 1. The molecule has 1 amide bonds. The predicted octanol–water partition coefficient (Wildman–Crippen LogP) is 2.64. The van der Waals surface area contributed by atoms with Gasteiger partial charge in [0.15, 0.2) is 6.10 Å². The highest BCUT2D eigenvalue weighted by atomic mass is 16.5. The number of hydrogen-bond acceptors (Lipinski definition) is 3. The second-order valence-corrected chi connectivity index (χ2v) is 6.14. The van der Waals surface area contributed by atoms with E-state index in [4.69, 9.17) is 9.84 Å². The Bertz CT molecular complexity index is 744. The Morgan fingerprint density at radius 1 is 1.00 bits per heavy atom. The molecule has 1 saturated heterocycles. The smallest absolute Gasteiger partial charge is 0.332 e. The van der Waals surface area contributed by atoms with Crippen molar-refractivity contribution in [1.29, 1.82) is 0 Å². The Morgan fingerprint density at radius 2 is 1.72 bits per heavy atom. The van der Waals surface area contributed by atoms with Crippen molar-refractivity contribution in [1.82, 2.24) is 5.32 Å². The van der Waals surface area contributed by atoms with Crippen molar-refractivity contribution < 1.29 is 19.4 Å². The van der Waals surface area contributed by atoms with Gasteiger partial charge in [0.1, 0.15) is 6.10 Å². The van der Waals surface area contributed by atoms with Crippen molar-refractivity contribution in [3.05, 3.63) is 60.2 Å². The minimum Gasteiger partial charge on any atom is -0.479 e. The number of carboxylic acid groups (broad SMARTS) is 1. The van der Waals surface area contributed by atoms with E-state index in [1.165, 1.54) is 0 Å². The van der Waals surface area contributed by atoms with Crippen LogP contribution >= 0.6 is 0 Å². The van der Waals surface area contributed by atoms with Crippen molar-refractivity contribution >= 4 is 11.9 Å². The minimum atomic E-state index is -1.01. The summed E-state index contributed by atoms with van der Waals surface area (Å²) in [4.78, 5) is 22.9. The molecule has 1 aliphatic rings. The van der Waals surface area contributed by atoms with E-state index in [1.54, 1.807) is 0 Å². The van der Waals surface area contributed by atoms with Crippen LogP contribution in [0.1, 0.15) is 18.4 Å². The Labute approximate surface area is 146 Å². The Morgan fingerprint density at radius 3 is 2.44 bits per heavy atom. The van der Waals surface area contributed by atoms with E-state index in [0.29, 0.717) is 25.8 Å². The first-order chi connectivity index (χ1) is 12.1. The van der Waals surface area contributed by atoms with Crippen LogP contribution in [0.5, 0.6) is 0 Å². The maximum Gasteiger partial charge on any atom is 0.332 e. The molecule has 2 aromatic rings. The van der Waals surface area contributed by atoms with Crippen LogP contribution in [0.2, 0.25) is 0 Å². The molecular weight excluding hydrogens is 318 g/mol. The van der Waals surface area contributed by atoms with Gasteiger partial charge in [-0.05, 0) is 36.0 Å². The first-order valence-electron chi connectivity index (χ1n) is 8.44. The second kappa shape index (κ2) is 7.94. The van der Waals surface area contributed by atoms with E-state index < -0.39 is 18.2 Å². The third-order valence-electron chi connectivity index (χ3n) is 4.33. The average molecular weight is 339 g/mol. The Balaban J connectivity index is 1.51. The largest absolute Gasteiger partial charge is 0.479 e. The summed E-state index contributed by atoms with van der Waals surface area (Å²) >= 11 is 0. The summed E-state index contributed by atoms with van der Waals surface area (Å²) in [5.41, 5.74) is 3.44. The fourth-order valence-electron chi connectivity index (χ4n) is 2.99. The number of hydrogen-bond donors (Lipinski definition) is 2. The number of carbonyl (C=O) groups is 2. The standard InChI is InChI=1S/C20H21NO4/c22-19(17-9-10-18(25-17)20(23)24)21-12-11-14-5-4-8-16(13-14)15-6-2-1-3-7-15/h1-8,13,17-18H,9-12H2,(H,21,22)(H,23,24)/t17-,18+/m1/s1. The zero-order chi connectivity index (χ0) is 17.6. The number of benzene rings is 2. The van der Waals surface area contributed by atoms with Crippen LogP contribution in [-0.4, -0.2) is 35.7 Å². The number of ether oxygens (including phenoxy) is 1. The van der Waals surface area contributed by atoms with Crippen molar-refractivity contribution in [3.63, 3.8) is 0 Å². The molecule has 0 saturated carbocycles. The quantitative estimate of drug-likeness (QED) is 0.848. The van der Waals surface area contributed by atoms with Gasteiger partial charge in [-0.25, -0.2) is 4.79 Å². The fraction of sp³-hybridized carbons (Fsp3) is 0.300. The molecule has 2 atom stereocenters. The van der Waals surface area contributed by atoms with Gasteiger partial charge in [-0.15, -0.1) is 0 Å². The molecule has 1 fully saturated rings. The molecule has 1 heterocycles. The van der Waals surface area contributed by atoms with Crippen LogP contribution < -0.4 is 5.32 Å². The summed E-state index contributed by atoms with van der Waals surface area (Å²) in [6, 6.07) is 18.4. The van der Waals surface area contributed by atoms with Gasteiger partial charge < -0.3 is 15.2 Å². The van der Waals surface area contributed by atoms with Crippen LogP contribution in [0.25, 0.3) is 11.1 Å². The molecule has 0 spiro atoms. The van der Waals surface area contributed by atoms with Gasteiger partial charge in [0.2, 0.25) is 5.91 Å². The lowest BCUT2D eigenvalue weighted by Gasteiger charge is -2.12. The molecule has 0 aliphatic carbocycles. The highest BCUT2D eigenvalue weighted by Gasteiger charge is 2.34. The number of amides is 1. The van der Waals surface area contributed by atoms with Crippen molar-refractivity contribution in [2.75, 3.05) is 6.54 Å². The summed E-state index contributed by atoms with van der Waals surface area (Å²) in [5, 5.41) is 11.7. The van der Waals surface area contributed by atoms with E-state index in [2.05, 4.69) is 29.6 Å². The molecule has 5 heteroatoms. The van der Waals surface area contributed by atoms with E-state index in [1.807, 2.05) is 30.3 Å². The first kappa shape index (κ1) is 17.2. The number of aliphatic carboxylic acids is 1. The van der Waals surface area contributed by atoms with Crippen LogP contribution in [-0.2, 0) is 20.7 Å². The second-order valence-electron chi connectivity index (χ2n) is 6.14. The molecule has 25 heavy (non-hydrogen) atoms. The van der Waals surface area contributed by atoms with Crippen LogP contribution in [0.15, 0.2) is 54.6 Å². The van der Waals surface area contributed by atoms with E-state index >= 15 is 0 Å². The third-order valence-corrected chi connectivity index (χ3v) is 4.33. The topological polar surface area (TPSA) is 75.6 Å². The maximum atomic E-state index is 12.1. The van der Waals surface area contributed by atoms with Crippen LogP contribution in [0.4, 0.5) is 0 Å². The van der Waals surface area contributed by atoms with Gasteiger partial charge in [-0.1, -0.05) is 54.6 Å². The molecule has 1 aliphatic heterocycles. The Kier molecular flexibility index (Phi) is 5.46. The summed E-state index contributed by atoms with van der Waals surface area (Å²) in [6.45, 7) is 0.495. The SMILES string of the molecule is O=C(O)[C@@H]1CC[C@H](C(=O)NCCc2cccc(-c3ccccc3)c2)O1. The highest BCUT2D eigenvalue weighted by molar-refractivity contribution is 5.82. The van der Waals surface area contributed by atoms with Gasteiger partial charge in [0.25, 0.3) is 0 Å². The maximum absolute atomic E-state index is 12.1. The van der Waals surface area contributed by atoms with Crippen molar-refractivity contribution in [2.24, 2.45) is 0 Å². The number of carboxylic acids is 1. The molecule has 0 unspecified atom stereocenters. The van der Waals surface area contributed by atoms with E-state index in [-0.39, 0.29) is 5.91 Å². The highest BCUT2D eigenvalue weighted by Crippen LogP contribution is 2.21. The molecule has 0 aromatic heterocycles. The van der Waals surface area contributed by atoms with E-state index in [0.717, 1.165) is 16.7 Å². The number of carbonyl (C=O) groups excluding carboxylic acids is 1. The lowest BCUT2D eigenvalue weighted by atomic mass is 10.0. The number of rotatable bonds is 6. The molecule has 0 radical (unpaired) electrons. The lowest BCUT2D eigenvalue weighted by molar-refractivity contribution is -0.151. The van der Waals surface area contributed by atoms with Crippen molar-refractivity contribution in [3.8, 4) is 11.1 Å².